The van der Waals surface area contributed by atoms with Crippen LogP contribution in [-0.2, 0) is 6.42 Å². The zero-order valence-electron chi connectivity index (χ0n) is 16.8. The predicted octanol–water partition coefficient (Wildman–Crippen LogP) is 3.77. The number of aliphatic hydroxyl groups excluding tert-OH is 1. The number of aromatic amines is 1. The van der Waals surface area contributed by atoms with Gasteiger partial charge in [-0.2, -0.15) is 0 Å². The molecule has 4 unspecified atom stereocenters. The highest BCUT2D eigenvalue weighted by molar-refractivity contribution is 7.98. The van der Waals surface area contributed by atoms with Gasteiger partial charge in [-0.1, -0.05) is 0 Å². The molecule has 1 saturated carbocycles. The van der Waals surface area contributed by atoms with E-state index < -0.39 is 6.10 Å². The Morgan fingerprint density at radius 1 is 1.24 bits per heavy atom. The second-order valence-electron chi connectivity index (χ2n) is 7.86. The van der Waals surface area contributed by atoms with Crippen LogP contribution in [0.1, 0.15) is 41.0 Å². The van der Waals surface area contributed by atoms with Crippen molar-refractivity contribution in [1.82, 2.24) is 10.3 Å². The molecular formula is C22H29ClN2O3S. The molecule has 4 rings (SSSR count). The molecule has 1 aromatic carbocycles. The molecule has 0 aliphatic heterocycles. The summed E-state index contributed by atoms with van der Waals surface area (Å²) in [4.78, 5) is 17.2. The van der Waals surface area contributed by atoms with E-state index in [1.165, 1.54) is 4.90 Å². The summed E-state index contributed by atoms with van der Waals surface area (Å²) < 4.78 is 6.01. The number of ether oxygens (including phenoxy) is 1. The van der Waals surface area contributed by atoms with Gasteiger partial charge in [0, 0.05) is 40.4 Å². The van der Waals surface area contributed by atoms with E-state index in [9.17, 15) is 9.90 Å². The standard InChI is InChI=1S/C22H28N2O3S.ClH/c1-13-11-17-18(24-13)8-3-14(21(17)25)12-23-19-9-10-20(22(19)26)27-15-4-6-16(28-2)7-5-15;/h4-7,11,14,19-20,22-24,26H,3,8-10,12H2,1-2H3;1H. The van der Waals surface area contributed by atoms with Crippen LogP contribution in [0.4, 0.5) is 0 Å². The fraction of sp³-hybridized carbons (Fsp3) is 0.500. The van der Waals surface area contributed by atoms with Crippen LogP contribution in [-0.4, -0.2) is 46.9 Å². The highest BCUT2D eigenvalue weighted by Gasteiger charge is 2.37. The molecule has 0 bridgehead atoms. The number of hydrogen-bond donors (Lipinski definition) is 3. The zero-order valence-corrected chi connectivity index (χ0v) is 18.4. The van der Waals surface area contributed by atoms with Gasteiger partial charge in [-0.25, -0.2) is 0 Å². The van der Waals surface area contributed by atoms with Gasteiger partial charge in [0.2, 0.25) is 0 Å². The second-order valence-corrected chi connectivity index (χ2v) is 8.74. The topological polar surface area (TPSA) is 74.3 Å². The fourth-order valence-electron chi connectivity index (χ4n) is 4.35. The number of hydrogen-bond acceptors (Lipinski definition) is 5. The van der Waals surface area contributed by atoms with Gasteiger partial charge in [0.25, 0.3) is 0 Å². The molecule has 2 aromatic rings. The van der Waals surface area contributed by atoms with E-state index in [1.807, 2.05) is 43.5 Å². The molecule has 0 spiro atoms. The molecule has 4 atom stereocenters. The van der Waals surface area contributed by atoms with Crippen LogP contribution in [0.3, 0.4) is 0 Å². The number of nitrogens with one attached hydrogen (secondary N) is 2. The van der Waals surface area contributed by atoms with Crippen LogP contribution in [0.5, 0.6) is 5.75 Å². The number of H-pyrrole nitrogens is 1. The van der Waals surface area contributed by atoms with E-state index in [0.717, 1.165) is 48.4 Å². The quantitative estimate of drug-likeness (QED) is 0.601. The molecule has 158 valence electrons. The first kappa shape index (κ1) is 22.2. The number of carbonyl (C=O) groups excluding carboxylic acids is 1. The third kappa shape index (κ3) is 4.82. The summed E-state index contributed by atoms with van der Waals surface area (Å²) in [5.41, 5.74) is 2.96. The summed E-state index contributed by atoms with van der Waals surface area (Å²) in [7, 11) is 0. The van der Waals surface area contributed by atoms with E-state index in [0.29, 0.717) is 6.54 Å². The third-order valence-electron chi connectivity index (χ3n) is 5.94. The second kappa shape index (κ2) is 9.56. The Morgan fingerprint density at radius 3 is 2.72 bits per heavy atom. The van der Waals surface area contributed by atoms with E-state index in [1.54, 1.807) is 11.8 Å². The van der Waals surface area contributed by atoms with Crippen molar-refractivity contribution in [2.45, 2.75) is 55.8 Å². The molecular weight excluding hydrogens is 408 g/mol. The number of fused-ring (bicyclic) bond motifs is 1. The molecule has 5 nitrogen and oxygen atoms in total. The lowest BCUT2D eigenvalue weighted by atomic mass is 9.86. The maximum Gasteiger partial charge on any atom is 0.169 e. The number of benzene rings is 1. The summed E-state index contributed by atoms with van der Waals surface area (Å²) in [5, 5.41) is 14.1. The van der Waals surface area contributed by atoms with Crippen molar-refractivity contribution in [2.24, 2.45) is 5.92 Å². The zero-order chi connectivity index (χ0) is 19.7. The number of thioether (sulfide) groups is 1. The lowest BCUT2D eigenvalue weighted by molar-refractivity contribution is 0.0441. The van der Waals surface area contributed by atoms with Gasteiger partial charge in [-0.3, -0.25) is 4.79 Å². The maximum absolute atomic E-state index is 12.7. The molecule has 2 aliphatic rings. The summed E-state index contributed by atoms with van der Waals surface area (Å²) in [5.74, 6) is 0.988. The largest absolute Gasteiger partial charge is 0.488 e. The highest BCUT2D eigenvalue weighted by Crippen LogP contribution is 2.29. The van der Waals surface area contributed by atoms with Crippen LogP contribution >= 0.6 is 24.2 Å². The Morgan fingerprint density at radius 2 is 2.00 bits per heavy atom. The van der Waals surface area contributed by atoms with Crippen LogP contribution < -0.4 is 10.1 Å². The van der Waals surface area contributed by atoms with Gasteiger partial charge in [0.05, 0.1) is 0 Å². The summed E-state index contributed by atoms with van der Waals surface area (Å²) in [6, 6.07) is 9.90. The number of carbonyl (C=O) groups is 1. The van der Waals surface area contributed by atoms with Crippen LogP contribution in [0.25, 0.3) is 0 Å². The molecule has 1 aromatic heterocycles. The Bertz CT molecular complexity index is 839. The Kier molecular flexibility index (Phi) is 7.32. The van der Waals surface area contributed by atoms with Crippen molar-refractivity contribution in [3.8, 4) is 5.75 Å². The smallest absolute Gasteiger partial charge is 0.169 e. The number of ketones is 1. The average Bonchev–Trinajstić information content (AvgIpc) is 3.25. The third-order valence-corrected chi connectivity index (χ3v) is 6.69. The van der Waals surface area contributed by atoms with Gasteiger partial charge in [-0.15, -0.1) is 24.2 Å². The van der Waals surface area contributed by atoms with E-state index in [2.05, 4.69) is 10.3 Å². The summed E-state index contributed by atoms with van der Waals surface area (Å²) in [6.07, 6.45) is 4.69. The molecule has 3 N–H and O–H groups in total. The number of rotatable bonds is 6. The molecule has 29 heavy (non-hydrogen) atoms. The number of halogens is 1. The Labute approximate surface area is 182 Å². The lowest BCUT2D eigenvalue weighted by Crippen LogP contribution is -2.44. The molecule has 1 fully saturated rings. The van der Waals surface area contributed by atoms with Gasteiger partial charge < -0.3 is 20.1 Å². The first-order valence-electron chi connectivity index (χ1n) is 10.00. The average molecular weight is 437 g/mol. The maximum atomic E-state index is 12.7. The molecule has 7 heteroatoms. The van der Waals surface area contributed by atoms with Gasteiger partial charge in [0.1, 0.15) is 18.0 Å². The first-order valence-corrected chi connectivity index (χ1v) is 11.2. The number of aromatic nitrogens is 1. The van der Waals surface area contributed by atoms with Crippen molar-refractivity contribution in [1.29, 1.82) is 0 Å². The van der Waals surface area contributed by atoms with Gasteiger partial charge in [0.15, 0.2) is 5.78 Å². The Hall–Kier alpha value is -1.47. The minimum Gasteiger partial charge on any atom is -0.488 e. The van der Waals surface area contributed by atoms with Crippen molar-refractivity contribution >= 4 is 30.0 Å². The van der Waals surface area contributed by atoms with Gasteiger partial charge in [-0.05, 0) is 69.2 Å². The minimum atomic E-state index is -0.566. The SMILES string of the molecule is CSc1ccc(OC2CCC(NCC3CCc4[nH]c(C)cc4C3=O)C2O)cc1.Cl. The van der Waals surface area contributed by atoms with Crippen LogP contribution in [0.2, 0.25) is 0 Å². The van der Waals surface area contributed by atoms with E-state index in [4.69, 9.17) is 4.74 Å². The number of aliphatic hydroxyl groups is 1. The summed E-state index contributed by atoms with van der Waals surface area (Å²) >= 11 is 1.69. The van der Waals surface area contributed by atoms with Crippen molar-refractivity contribution in [3.05, 3.63) is 47.3 Å². The molecule has 0 radical (unpaired) electrons. The fourth-order valence-corrected chi connectivity index (χ4v) is 4.75. The van der Waals surface area contributed by atoms with Crippen molar-refractivity contribution in [2.75, 3.05) is 12.8 Å². The lowest BCUT2D eigenvalue weighted by Gasteiger charge is -2.25. The van der Waals surface area contributed by atoms with Crippen LogP contribution in [0.15, 0.2) is 35.2 Å². The highest BCUT2D eigenvalue weighted by atomic mass is 35.5. The normalized spacial score (nSPS) is 26.1. The molecule has 1 heterocycles. The molecule has 2 aliphatic carbocycles. The van der Waals surface area contributed by atoms with Crippen molar-refractivity contribution in [3.63, 3.8) is 0 Å². The molecule has 0 amide bonds. The van der Waals surface area contributed by atoms with Crippen molar-refractivity contribution < 1.29 is 14.6 Å². The number of Topliss-reactive ketones (excluding diaryl/α,β-unsaturated/α-hetero) is 1. The number of aryl methyl sites for hydroxylation is 2. The predicted molar refractivity (Wildman–Crippen MR) is 119 cm³/mol. The minimum absolute atomic E-state index is 0. The monoisotopic (exact) mass is 436 g/mol. The molecule has 0 saturated heterocycles. The van der Waals surface area contributed by atoms with Crippen LogP contribution in [0, 0.1) is 12.8 Å². The van der Waals surface area contributed by atoms with E-state index >= 15 is 0 Å². The first-order chi connectivity index (χ1) is 13.5. The summed E-state index contributed by atoms with van der Waals surface area (Å²) in [6.45, 7) is 2.60. The van der Waals surface area contributed by atoms with E-state index in [-0.39, 0.29) is 36.3 Å². The Balaban J connectivity index is 0.00000240. The van der Waals surface area contributed by atoms with Gasteiger partial charge >= 0.3 is 0 Å².